The van der Waals surface area contributed by atoms with Crippen LogP contribution in [0.3, 0.4) is 0 Å². The van der Waals surface area contributed by atoms with Crippen LogP contribution in [0.2, 0.25) is 10.0 Å². The highest BCUT2D eigenvalue weighted by Gasteiger charge is 2.23. The average Bonchev–Trinajstić information content (AvgIpc) is 2.95. The Morgan fingerprint density at radius 1 is 1.32 bits per heavy atom. The Morgan fingerprint density at radius 2 is 2.00 bits per heavy atom. The van der Waals surface area contributed by atoms with Gasteiger partial charge in [-0.2, -0.15) is 0 Å². The summed E-state index contributed by atoms with van der Waals surface area (Å²) in [6, 6.07) is 7.56. The van der Waals surface area contributed by atoms with Crippen molar-refractivity contribution in [3.63, 3.8) is 0 Å². The maximum Gasteiger partial charge on any atom is 0.324 e. The van der Waals surface area contributed by atoms with E-state index in [-0.39, 0.29) is 17.0 Å². The van der Waals surface area contributed by atoms with Gasteiger partial charge in [0.15, 0.2) is 0 Å². The van der Waals surface area contributed by atoms with Crippen LogP contribution in [-0.2, 0) is 0 Å². The first-order valence-corrected chi connectivity index (χ1v) is 7.85. The van der Waals surface area contributed by atoms with Crippen LogP contribution in [0, 0.1) is 10.1 Å². The summed E-state index contributed by atoms with van der Waals surface area (Å²) in [4.78, 5) is 24.4. The molecule has 0 N–H and O–H groups in total. The van der Waals surface area contributed by atoms with Gasteiger partial charge in [0.2, 0.25) is 0 Å². The fraction of sp³-hybridized carbons (Fsp3) is 0.214. The summed E-state index contributed by atoms with van der Waals surface area (Å²) >= 11 is 12.9. The summed E-state index contributed by atoms with van der Waals surface area (Å²) in [6.45, 7) is 1.83. The standard InChI is InChI=1S/C14H12Cl2N2O3S/c1-8(10-4-3-9(15)7-11(10)16)17(2)14(19)12-5-6-13(22-12)18(20)21/h3-8H,1-2H3. The summed E-state index contributed by atoms with van der Waals surface area (Å²) < 4.78 is 0. The molecular weight excluding hydrogens is 347 g/mol. The van der Waals surface area contributed by atoms with Crippen molar-refractivity contribution >= 4 is 45.4 Å². The minimum Gasteiger partial charge on any atom is -0.334 e. The van der Waals surface area contributed by atoms with E-state index in [4.69, 9.17) is 23.2 Å². The van der Waals surface area contributed by atoms with E-state index in [9.17, 15) is 14.9 Å². The zero-order valence-corrected chi connectivity index (χ0v) is 14.1. The predicted molar refractivity (Wildman–Crippen MR) is 87.9 cm³/mol. The van der Waals surface area contributed by atoms with Crippen molar-refractivity contribution in [2.45, 2.75) is 13.0 Å². The van der Waals surface area contributed by atoms with Gasteiger partial charge >= 0.3 is 5.00 Å². The van der Waals surface area contributed by atoms with Crippen molar-refractivity contribution in [2.75, 3.05) is 7.05 Å². The normalized spacial score (nSPS) is 12.0. The van der Waals surface area contributed by atoms with Crippen molar-refractivity contribution in [3.05, 3.63) is 60.9 Å². The smallest absolute Gasteiger partial charge is 0.324 e. The van der Waals surface area contributed by atoms with Crippen molar-refractivity contribution in [3.8, 4) is 0 Å². The van der Waals surface area contributed by atoms with E-state index >= 15 is 0 Å². The van der Waals surface area contributed by atoms with Gasteiger partial charge in [-0.1, -0.05) is 40.6 Å². The molecule has 0 bridgehead atoms. The summed E-state index contributed by atoms with van der Waals surface area (Å²) in [6.07, 6.45) is 0. The van der Waals surface area contributed by atoms with Crippen LogP contribution in [0.15, 0.2) is 30.3 Å². The number of halogens is 2. The second kappa shape index (κ2) is 6.64. The highest BCUT2D eigenvalue weighted by atomic mass is 35.5. The molecule has 0 spiro atoms. The van der Waals surface area contributed by atoms with Gasteiger partial charge < -0.3 is 4.90 Å². The molecule has 0 aliphatic carbocycles. The number of carbonyl (C=O) groups is 1. The molecule has 8 heteroatoms. The number of benzene rings is 1. The van der Waals surface area contributed by atoms with Gasteiger partial charge in [-0.3, -0.25) is 14.9 Å². The fourth-order valence-corrected chi connectivity index (χ4v) is 3.31. The van der Waals surface area contributed by atoms with Gasteiger partial charge in [0.05, 0.1) is 15.8 Å². The Kier molecular flexibility index (Phi) is 5.05. The third-order valence-electron chi connectivity index (χ3n) is 3.30. The first-order valence-electron chi connectivity index (χ1n) is 6.27. The van der Waals surface area contributed by atoms with Gasteiger partial charge in [0.25, 0.3) is 5.91 Å². The lowest BCUT2D eigenvalue weighted by Crippen LogP contribution is -2.29. The number of amides is 1. The minimum atomic E-state index is -0.513. The second-order valence-electron chi connectivity index (χ2n) is 4.65. The van der Waals surface area contributed by atoms with Crippen LogP contribution in [0.25, 0.3) is 0 Å². The highest BCUT2D eigenvalue weighted by molar-refractivity contribution is 7.17. The topological polar surface area (TPSA) is 63.5 Å². The monoisotopic (exact) mass is 358 g/mol. The maximum absolute atomic E-state index is 12.4. The zero-order chi connectivity index (χ0) is 16.4. The quantitative estimate of drug-likeness (QED) is 0.582. The number of nitrogens with zero attached hydrogens (tertiary/aromatic N) is 2. The Balaban J connectivity index is 2.23. The van der Waals surface area contributed by atoms with Crippen molar-refractivity contribution in [1.82, 2.24) is 4.90 Å². The molecule has 1 atom stereocenters. The third kappa shape index (κ3) is 3.40. The van der Waals surface area contributed by atoms with E-state index in [1.807, 2.05) is 6.92 Å². The first-order chi connectivity index (χ1) is 10.3. The number of rotatable bonds is 4. The zero-order valence-electron chi connectivity index (χ0n) is 11.7. The SMILES string of the molecule is CC(c1ccc(Cl)cc1Cl)N(C)C(=O)c1ccc([N+](=O)[O-])s1. The Morgan fingerprint density at radius 3 is 2.55 bits per heavy atom. The van der Waals surface area contributed by atoms with Gasteiger partial charge in [0, 0.05) is 23.2 Å². The number of thiophene rings is 1. The third-order valence-corrected chi connectivity index (χ3v) is 4.88. The number of hydrogen-bond donors (Lipinski definition) is 0. The summed E-state index contributed by atoms with van der Waals surface area (Å²) in [5.74, 6) is -0.295. The van der Waals surface area contributed by atoms with Crippen molar-refractivity contribution < 1.29 is 9.72 Å². The van der Waals surface area contributed by atoms with Crippen LogP contribution in [-0.4, -0.2) is 22.8 Å². The van der Waals surface area contributed by atoms with E-state index in [2.05, 4.69) is 0 Å². The number of nitro groups is 1. The molecule has 0 fully saturated rings. The minimum absolute atomic E-state index is 0.0612. The van der Waals surface area contributed by atoms with Crippen LogP contribution in [0.1, 0.15) is 28.2 Å². The molecule has 1 heterocycles. The van der Waals surface area contributed by atoms with Gasteiger partial charge in [-0.15, -0.1) is 0 Å². The molecule has 0 aliphatic heterocycles. The molecule has 2 rings (SSSR count). The Hall–Kier alpha value is -1.63. The van der Waals surface area contributed by atoms with Crippen LogP contribution in [0.5, 0.6) is 0 Å². The molecule has 2 aromatic rings. The molecule has 116 valence electrons. The van der Waals surface area contributed by atoms with Gasteiger partial charge in [-0.25, -0.2) is 0 Å². The molecule has 0 radical (unpaired) electrons. The molecule has 0 saturated carbocycles. The van der Waals surface area contributed by atoms with Crippen molar-refractivity contribution in [2.24, 2.45) is 0 Å². The molecular formula is C14H12Cl2N2O3S. The predicted octanol–water partition coefficient (Wildman–Crippen LogP) is 4.80. The number of carbonyl (C=O) groups excluding carboxylic acids is 1. The maximum atomic E-state index is 12.4. The lowest BCUT2D eigenvalue weighted by Gasteiger charge is -2.25. The van der Waals surface area contributed by atoms with E-state index in [0.29, 0.717) is 14.9 Å². The van der Waals surface area contributed by atoms with Crippen molar-refractivity contribution in [1.29, 1.82) is 0 Å². The van der Waals surface area contributed by atoms with Crippen LogP contribution >= 0.6 is 34.5 Å². The van der Waals surface area contributed by atoms with Gasteiger partial charge in [-0.05, 0) is 30.7 Å². The highest BCUT2D eigenvalue weighted by Crippen LogP contribution is 2.31. The fourth-order valence-electron chi connectivity index (χ4n) is 1.94. The summed E-state index contributed by atoms with van der Waals surface area (Å²) in [5, 5.41) is 11.6. The lowest BCUT2D eigenvalue weighted by molar-refractivity contribution is -0.380. The molecule has 0 aliphatic rings. The summed E-state index contributed by atoms with van der Waals surface area (Å²) in [7, 11) is 1.63. The summed E-state index contributed by atoms with van der Waals surface area (Å²) in [5.41, 5.74) is 0.757. The Labute approximate surface area is 141 Å². The second-order valence-corrected chi connectivity index (χ2v) is 6.56. The molecule has 1 amide bonds. The molecule has 1 aromatic heterocycles. The molecule has 1 aromatic carbocycles. The average molecular weight is 359 g/mol. The molecule has 22 heavy (non-hydrogen) atoms. The largest absolute Gasteiger partial charge is 0.334 e. The van der Waals surface area contributed by atoms with Gasteiger partial charge in [0.1, 0.15) is 0 Å². The van der Waals surface area contributed by atoms with E-state index in [1.54, 1.807) is 25.2 Å². The molecule has 0 saturated heterocycles. The lowest BCUT2D eigenvalue weighted by atomic mass is 10.1. The van der Waals surface area contributed by atoms with Crippen LogP contribution in [0.4, 0.5) is 5.00 Å². The van der Waals surface area contributed by atoms with Crippen LogP contribution < -0.4 is 0 Å². The molecule has 1 unspecified atom stereocenters. The Bertz CT molecular complexity index is 733. The van der Waals surface area contributed by atoms with E-state index < -0.39 is 4.92 Å². The van der Waals surface area contributed by atoms with E-state index in [0.717, 1.165) is 16.9 Å². The molecule has 5 nitrogen and oxygen atoms in total. The van der Waals surface area contributed by atoms with E-state index in [1.165, 1.54) is 17.0 Å². The first kappa shape index (κ1) is 16.7. The number of hydrogen-bond acceptors (Lipinski definition) is 4.